The zero-order valence-electron chi connectivity index (χ0n) is 21.4. The number of carbonyl (C=O) groups is 1. The predicted molar refractivity (Wildman–Crippen MR) is 141 cm³/mol. The molecule has 2 aromatic carbocycles. The zero-order valence-corrected chi connectivity index (χ0v) is 21.4. The van der Waals surface area contributed by atoms with Gasteiger partial charge in [0.1, 0.15) is 5.75 Å². The van der Waals surface area contributed by atoms with Gasteiger partial charge in [-0.05, 0) is 74.7 Å². The van der Waals surface area contributed by atoms with Crippen molar-refractivity contribution in [1.29, 1.82) is 0 Å². The standard InChI is InChI=1S/C31H42O3/c1-4-6-8-10-11-13-25-33-30-23-19-28(20-24-30)16-15-27-17-21-29(22-18-27)31(32)34-26(3)14-12-9-7-5-2/h17-24,26H,4-14,25H2,1-3H3/t26-/m1/s1. The van der Waals surface area contributed by atoms with Gasteiger partial charge in [-0.1, -0.05) is 77.1 Å². The van der Waals surface area contributed by atoms with E-state index in [9.17, 15) is 4.79 Å². The van der Waals surface area contributed by atoms with Crippen LogP contribution in [0.2, 0.25) is 0 Å². The van der Waals surface area contributed by atoms with Gasteiger partial charge in [-0.3, -0.25) is 0 Å². The molecule has 0 saturated heterocycles. The SMILES string of the molecule is CCCCCCCCOc1ccc(C#Cc2ccc(C(=O)O[C@H](C)CCCCCC)cc2)cc1. The van der Waals surface area contributed by atoms with E-state index in [0.717, 1.165) is 42.7 Å². The second kappa shape index (κ2) is 16.8. The van der Waals surface area contributed by atoms with Gasteiger partial charge < -0.3 is 9.47 Å². The van der Waals surface area contributed by atoms with Gasteiger partial charge in [-0.15, -0.1) is 0 Å². The van der Waals surface area contributed by atoms with Crippen molar-refractivity contribution in [2.75, 3.05) is 6.61 Å². The average Bonchev–Trinajstić information content (AvgIpc) is 2.86. The molecule has 3 nitrogen and oxygen atoms in total. The molecule has 0 aliphatic carbocycles. The summed E-state index contributed by atoms with van der Waals surface area (Å²) in [5.41, 5.74) is 2.37. The van der Waals surface area contributed by atoms with Crippen molar-refractivity contribution in [2.45, 2.75) is 97.5 Å². The lowest BCUT2D eigenvalue weighted by molar-refractivity contribution is 0.0319. The first kappa shape index (κ1) is 27.5. The first-order valence-electron chi connectivity index (χ1n) is 13.2. The van der Waals surface area contributed by atoms with Gasteiger partial charge in [0, 0.05) is 11.1 Å². The maximum absolute atomic E-state index is 12.3. The Kier molecular flexibility index (Phi) is 13.6. The van der Waals surface area contributed by atoms with Gasteiger partial charge in [-0.25, -0.2) is 4.79 Å². The highest BCUT2D eigenvalue weighted by molar-refractivity contribution is 5.89. The maximum atomic E-state index is 12.3. The highest BCUT2D eigenvalue weighted by Gasteiger charge is 2.11. The summed E-state index contributed by atoms with van der Waals surface area (Å²) in [6.07, 6.45) is 13.2. The van der Waals surface area contributed by atoms with Crippen molar-refractivity contribution >= 4 is 5.97 Å². The minimum absolute atomic E-state index is 0.0541. The molecule has 0 bridgehead atoms. The van der Waals surface area contributed by atoms with E-state index in [1.165, 1.54) is 51.4 Å². The van der Waals surface area contributed by atoms with Gasteiger partial charge in [0.25, 0.3) is 0 Å². The molecule has 0 aliphatic rings. The van der Waals surface area contributed by atoms with Crippen LogP contribution in [0.4, 0.5) is 0 Å². The van der Waals surface area contributed by atoms with Gasteiger partial charge in [0.2, 0.25) is 0 Å². The van der Waals surface area contributed by atoms with Crippen LogP contribution in [0.25, 0.3) is 0 Å². The van der Waals surface area contributed by atoms with E-state index in [2.05, 4.69) is 25.7 Å². The minimum atomic E-state index is -0.265. The van der Waals surface area contributed by atoms with Crippen molar-refractivity contribution in [3.05, 3.63) is 65.2 Å². The molecule has 0 aliphatic heterocycles. The smallest absolute Gasteiger partial charge is 0.338 e. The van der Waals surface area contributed by atoms with Crippen molar-refractivity contribution < 1.29 is 14.3 Å². The Morgan fingerprint density at radius 1 is 0.735 bits per heavy atom. The number of esters is 1. The number of benzene rings is 2. The summed E-state index contributed by atoms with van der Waals surface area (Å²) in [6, 6.07) is 15.2. The number of unbranched alkanes of at least 4 members (excludes halogenated alkanes) is 8. The lowest BCUT2D eigenvalue weighted by atomic mass is 10.1. The second-order valence-electron chi connectivity index (χ2n) is 9.03. The van der Waals surface area contributed by atoms with Gasteiger partial charge in [0.05, 0.1) is 18.3 Å². The lowest BCUT2D eigenvalue weighted by Gasteiger charge is -2.13. The van der Waals surface area contributed by atoms with Crippen LogP contribution in [-0.2, 0) is 4.74 Å². The van der Waals surface area contributed by atoms with E-state index in [0.29, 0.717) is 5.56 Å². The third-order valence-corrected chi connectivity index (χ3v) is 5.87. The van der Waals surface area contributed by atoms with Gasteiger partial charge in [0.15, 0.2) is 0 Å². The fourth-order valence-electron chi connectivity index (χ4n) is 3.71. The number of hydrogen-bond donors (Lipinski definition) is 0. The van der Waals surface area contributed by atoms with E-state index < -0.39 is 0 Å². The van der Waals surface area contributed by atoms with E-state index in [1.807, 2.05) is 43.3 Å². The average molecular weight is 463 g/mol. The first-order valence-corrected chi connectivity index (χ1v) is 13.2. The molecule has 0 fully saturated rings. The van der Waals surface area contributed by atoms with E-state index in [4.69, 9.17) is 9.47 Å². The molecule has 3 heteroatoms. The predicted octanol–water partition coefficient (Wildman–Crippen LogP) is 8.34. The Labute approximate surface area is 207 Å². The largest absolute Gasteiger partial charge is 0.494 e. The highest BCUT2D eigenvalue weighted by Crippen LogP contribution is 2.14. The molecule has 34 heavy (non-hydrogen) atoms. The number of rotatable bonds is 15. The summed E-state index contributed by atoms with van der Waals surface area (Å²) in [5, 5.41) is 0. The Bertz CT molecular complexity index is 872. The molecular formula is C31H42O3. The van der Waals surface area contributed by atoms with Crippen molar-refractivity contribution in [3.63, 3.8) is 0 Å². The molecule has 0 amide bonds. The highest BCUT2D eigenvalue weighted by atomic mass is 16.5. The first-order chi connectivity index (χ1) is 16.6. The lowest BCUT2D eigenvalue weighted by Crippen LogP contribution is -2.15. The van der Waals surface area contributed by atoms with Crippen LogP contribution < -0.4 is 4.74 Å². The van der Waals surface area contributed by atoms with E-state index in [1.54, 1.807) is 12.1 Å². The molecule has 0 N–H and O–H groups in total. The van der Waals surface area contributed by atoms with Crippen LogP contribution in [-0.4, -0.2) is 18.7 Å². The molecule has 2 aromatic rings. The Balaban J connectivity index is 1.75. The van der Waals surface area contributed by atoms with E-state index >= 15 is 0 Å². The quantitative estimate of drug-likeness (QED) is 0.152. The molecule has 1 atom stereocenters. The van der Waals surface area contributed by atoms with E-state index in [-0.39, 0.29) is 12.1 Å². The number of ether oxygens (including phenoxy) is 2. The van der Waals surface area contributed by atoms with Crippen LogP contribution in [0, 0.1) is 11.8 Å². The van der Waals surface area contributed by atoms with Gasteiger partial charge >= 0.3 is 5.97 Å². The van der Waals surface area contributed by atoms with Crippen LogP contribution >= 0.6 is 0 Å². The molecule has 0 spiro atoms. The summed E-state index contributed by atoms with van der Waals surface area (Å²) < 4.78 is 11.4. The van der Waals surface area contributed by atoms with Gasteiger partial charge in [-0.2, -0.15) is 0 Å². The third-order valence-electron chi connectivity index (χ3n) is 5.87. The molecular weight excluding hydrogens is 420 g/mol. The minimum Gasteiger partial charge on any atom is -0.494 e. The monoisotopic (exact) mass is 462 g/mol. The molecule has 184 valence electrons. The second-order valence-corrected chi connectivity index (χ2v) is 9.03. The maximum Gasteiger partial charge on any atom is 0.338 e. The fraction of sp³-hybridized carbons (Fsp3) is 0.516. The fourth-order valence-corrected chi connectivity index (χ4v) is 3.71. The number of carbonyl (C=O) groups excluding carboxylic acids is 1. The summed E-state index contributed by atoms with van der Waals surface area (Å²) in [4.78, 5) is 12.3. The third kappa shape index (κ3) is 11.4. The normalized spacial score (nSPS) is 11.4. The molecule has 0 saturated carbocycles. The summed E-state index contributed by atoms with van der Waals surface area (Å²) in [6.45, 7) is 7.17. The molecule has 0 unspecified atom stereocenters. The molecule has 0 aromatic heterocycles. The van der Waals surface area contributed by atoms with Crippen molar-refractivity contribution in [1.82, 2.24) is 0 Å². The van der Waals surface area contributed by atoms with Crippen LogP contribution in [0.3, 0.4) is 0 Å². The molecule has 0 heterocycles. The van der Waals surface area contributed by atoms with Crippen LogP contribution in [0.1, 0.15) is 113 Å². The summed E-state index contributed by atoms with van der Waals surface area (Å²) in [7, 11) is 0. The summed E-state index contributed by atoms with van der Waals surface area (Å²) in [5.74, 6) is 6.96. The Morgan fingerprint density at radius 2 is 1.26 bits per heavy atom. The van der Waals surface area contributed by atoms with Crippen molar-refractivity contribution in [2.24, 2.45) is 0 Å². The Morgan fingerprint density at radius 3 is 1.88 bits per heavy atom. The van der Waals surface area contributed by atoms with Crippen LogP contribution in [0.15, 0.2) is 48.5 Å². The zero-order chi connectivity index (χ0) is 24.4. The Hall–Kier alpha value is -2.73. The van der Waals surface area contributed by atoms with Crippen molar-refractivity contribution in [3.8, 4) is 17.6 Å². The summed E-state index contributed by atoms with van der Waals surface area (Å²) >= 11 is 0. The molecule has 2 rings (SSSR count). The van der Waals surface area contributed by atoms with Crippen LogP contribution in [0.5, 0.6) is 5.75 Å². The topological polar surface area (TPSA) is 35.5 Å². The number of hydrogen-bond acceptors (Lipinski definition) is 3. The molecule has 0 radical (unpaired) electrons.